The Kier molecular flexibility index (Phi) is 6.29. The van der Waals surface area contributed by atoms with Gasteiger partial charge in [0.15, 0.2) is 0 Å². The molecule has 0 aromatic heterocycles. The summed E-state index contributed by atoms with van der Waals surface area (Å²) >= 11 is 1.63. The van der Waals surface area contributed by atoms with Gasteiger partial charge >= 0.3 is 0 Å². The Bertz CT molecular complexity index is 438. The van der Waals surface area contributed by atoms with Crippen molar-refractivity contribution in [2.75, 3.05) is 6.26 Å². The van der Waals surface area contributed by atoms with Crippen LogP contribution in [-0.2, 0) is 6.54 Å². The Morgan fingerprint density at radius 3 is 2.89 bits per heavy atom. The van der Waals surface area contributed by atoms with Gasteiger partial charge in [-0.2, -0.15) is 0 Å². The summed E-state index contributed by atoms with van der Waals surface area (Å²) in [6.07, 6.45) is 6.22. The van der Waals surface area contributed by atoms with E-state index >= 15 is 0 Å². The van der Waals surface area contributed by atoms with Crippen molar-refractivity contribution in [3.8, 4) is 0 Å². The molecule has 18 heavy (non-hydrogen) atoms. The van der Waals surface area contributed by atoms with Crippen LogP contribution in [0.2, 0.25) is 0 Å². The molecule has 2 nitrogen and oxygen atoms in total. The normalized spacial score (nSPS) is 10.6. The molecule has 1 N–H and O–H groups in total. The first kappa shape index (κ1) is 14.6. The summed E-state index contributed by atoms with van der Waals surface area (Å²) in [4.78, 5) is 1.85. The van der Waals surface area contributed by atoms with E-state index in [0.29, 0.717) is 6.54 Å². The van der Waals surface area contributed by atoms with Gasteiger partial charge in [0.1, 0.15) is 0 Å². The second kappa shape index (κ2) is 7.77. The summed E-state index contributed by atoms with van der Waals surface area (Å²) in [5.41, 5.74) is 3.53. The molecular weight excluding hydrogens is 240 g/mol. The summed E-state index contributed by atoms with van der Waals surface area (Å²) in [5.74, 6) is 0. The zero-order valence-electron chi connectivity index (χ0n) is 11.0. The lowest BCUT2D eigenvalue weighted by Crippen LogP contribution is -2.13. The quantitative estimate of drug-likeness (QED) is 0.583. The first-order valence-electron chi connectivity index (χ1n) is 5.94. The molecule has 96 valence electrons. The second-order valence-electron chi connectivity index (χ2n) is 3.98. The molecule has 0 atom stereocenters. The predicted molar refractivity (Wildman–Crippen MR) is 82.7 cm³/mol. The fraction of sp³-hybridized carbons (Fsp3) is 0.267. The van der Waals surface area contributed by atoms with Gasteiger partial charge in [-0.25, -0.2) is 0 Å². The molecule has 1 aromatic carbocycles. The summed E-state index contributed by atoms with van der Waals surface area (Å²) in [7, 11) is 0. The van der Waals surface area contributed by atoms with Crippen LogP contribution in [0.25, 0.3) is 5.57 Å². The summed E-state index contributed by atoms with van der Waals surface area (Å²) < 4.78 is 0. The van der Waals surface area contributed by atoms with Crippen molar-refractivity contribution >= 4 is 23.7 Å². The highest BCUT2D eigenvalue weighted by atomic mass is 32.2. The maximum absolute atomic E-state index is 7.38. The molecule has 0 amide bonds. The standard InChI is InChI=1S/C15H20N2S/c1-4-13(2)15-7-5-6-14(10-15)11-17(12-16)8-9-18-3/h5-10,12,16H,2,4,11H2,1,3H3/b9-8-,16-12?. The third-order valence-electron chi connectivity index (χ3n) is 2.68. The van der Waals surface area contributed by atoms with Crippen LogP contribution in [0.15, 0.2) is 42.5 Å². The minimum Gasteiger partial charge on any atom is -0.335 e. The molecular formula is C15H20N2S. The Balaban J connectivity index is 2.80. The van der Waals surface area contributed by atoms with Gasteiger partial charge in [0.05, 0.1) is 6.34 Å². The fourth-order valence-electron chi connectivity index (χ4n) is 1.58. The third-order valence-corrected chi connectivity index (χ3v) is 3.08. The van der Waals surface area contributed by atoms with E-state index in [2.05, 4.69) is 31.7 Å². The van der Waals surface area contributed by atoms with Crippen LogP contribution in [0.1, 0.15) is 24.5 Å². The number of rotatable bonds is 7. The monoisotopic (exact) mass is 260 g/mol. The van der Waals surface area contributed by atoms with Crippen molar-refractivity contribution in [2.45, 2.75) is 19.9 Å². The molecule has 3 heteroatoms. The van der Waals surface area contributed by atoms with Crippen LogP contribution in [-0.4, -0.2) is 17.5 Å². The van der Waals surface area contributed by atoms with Gasteiger partial charge in [-0.05, 0) is 40.9 Å². The van der Waals surface area contributed by atoms with Crippen LogP contribution >= 0.6 is 11.8 Å². The lowest BCUT2D eigenvalue weighted by Gasteiger charge is -2.14. The molecule has 1 aromatic rings. The number of allylic oxidation sites excluding steroid dienone is 1. The average molecular weight is 260 g/mol. The zero-order valence-corrected chi connectivity index (χ0v) is 11.8. The molecule has 0 fully saturated rings. The predicted octanol–water partition coefficient (Wildman–Crippen LogP) is 4.35. The maximum atomic E-state index is 7.38. The van der Waals surface area contributed by atoms with Crippen molar-refractivity contribution in [1.82, 2.24) is 4.90 Å². The number of thioether (sulfide) groups is 1. The van der Waals surface area contributed by atoms with Crippen LogP contribution in [0.5, 0.6) is 0 Å². The second-order valence-corrected chi connectivity index (χ2v) is 4.72. The van der Waals surface area contributed by atoms with E-state index < -0.39 is 0 Å². The number of benzene rings is 1. The summed E-state index contributed by atoms with van der Waals surface area (Å²) in [5, 5.41) is 9.36. The average Bonchev–Trinajstić information content (AvgIpc) is 2.42. The first-order valence-corrected chi connectivity index (χ1v) is 7.23. The fourth-order valence-corrected chi connectivity index (χ4v) is 1.86. The van der Waals surface area contributed by atoms with Crippen molar-refractivity contribution in [1.29, 1.82) is 5.41 Å². The molecule has 0 spiro atoms. The molecule has 0 radical (unpaired) electrons. The van der Waals surface area contributed by atoms with E-state index in [9.17, 15) is 0 Å². The first-order chi connectivity index (χ1) is 8.71. The Morgan fingerprint density at radius 1 is 1.50 bits per heavy atom. The summed E-state index contributed by atoms with van der Waals surface area (Å²) in [6, 6.07) is 8.36. The number of hydrogen-bond acceptors (Lipinski definition) is 2. The Hall–Kier alpha value is -1.48. The number of hydrogen-bond donors (Lipinski definition) is 1. The van der Waals surface area contributed by atoms with E-state index in [1.807, 2.05) is 28.8 Å². The Morgan fingerprint density at radius 2 is 2.28 bits per heavy atom. The van der Waals surface area contributed by atoms with E-state index in [0.717, 1.165) is 12.0 Å². The van der Waals surface area contributed by atoms with Gasteiger partial charge < -0.3 is 4.90 Å². The van der Waals surface area contributed by atoms with E-state index in [-0.39, 0.29) is 0 Å². The highest BCUT2D eigenvalue weighted by Gasteiger charge is 2.01. The van der Waals surface area contributed by atoms with E-state index in [4.69, 9.17) is 5.41 Å². The van der Waals surface area contributed by atoms with E-state index in [1.54, 1.807) is 11.8 Å². The van der Waals surface area contributed by atoms with Gasteiger partial charge in [-0.15, -0.1) is 11.8 Å². The lowest BCUT2D eigenvalue weighted by atomic mass is 10.0. The highest BCUT2D eigenvalue weighted by Crippen LogP contribution is 2.17. The van der Waals surface area contributed by atoms with Crippen LogP contribution < -0.4 is 0 Å². The zero-order chi connectivity index (χ0) is 13.4. The molecule has 0 bridgehead atoms. The minimum absolute atomic E-state index is 0.714. The highest BCUT2D eigenvalue weighted by molar-refractivity contribution is 8.01. The molecule has 1 rings (SSSR count). The summed E-state index contributed by atoms with van der Waals surface area (Å²) in [6.45, 7) is 6.88. The molecule has 0 saturated carbocycles. The largest absolute Gasteiger partial charge is 0.335 e. The number of nitrogens with one attached hydrogen (secondary N) is 1. The SMILES string of the molecule is C=C(CC)c1cccc(CN(C=N)/C=C\SC)c1. The van der Waals surface area contributed by atoms with Gasteiger partial charge in [0, 0.05) is 12.7 Å². The maximum Gasteiger partial charge on any atom is 0.0860 e. The van der Waals surface area contributed by atoms with E-state index in [1.165, 1.54) is 17.5 Å². The molecule has 0 unspecified atom stereocenters. The lowest BCUT2D eigenvalue weighted by molar-refractivity contribution is 0.566. The molecule has 0 aliphatic carbocycles. The van der Waals surface area contributed by atoms with Gasteiger partial charge in [-0.3, -0.25) is 5.41 Å². The van der Waals surface area contributed by atoms with Gasteiger partial charge in [-0.1, -0.05) is 31.7 Å². The molecule has 0 saturated heterocycles. The smallest absolute Gasteiger partial charge is 0.0860 e. The van der Waals surface area contributed by atoms with Crippen molar-refractivity contribution < 1.29 is 0 Å². The van der Waals surface area contributed by atoms with Crippen LogP contribution in [0, 0.1) is 5.41 Å². The molecule has 0 aliphatic rings. The van der Waals surface area contributed by atoms with Crippen molar-refractivity contribution in [3.05, 3.63) is 53.6 Å². The van der Waals surface area contributed by atoms with Gasteiger partial charge in [0.25, 0.3) is 0 Å². The molecule has 0 heterocycles. The van der Waals surface area contributed by atoms with Crippen LogP contribution in [0.4, 0.5) is 0 Å². The topological polar surface area (TPSA) is 27.1 Å². The Labute approximate surface area is 114 Å². The van der Waals surface area contributed by atoms with Gasteiger partial charge in [0.2, 0.25) is 0 Å². The third kappa shape index (κ3) is 4.41. The number of nitrogens with zero attached hydrogens (tertiary/aromatic N) is 1. The minimum atomic E-state index is 0.714. The van der Waals surface area contributed by atoms with Crippen LogP contribution in [0.3, 0.4) is 0 Å². The van der Waals surface area contributed by atoms with Crippen molar-refractivity contribution in [3.63, 3.8) is 0 Å². The molecule has 0 aliphatic heterocycles. The van der Waals surface area contributed by atoms with Crippen molar-refractivity contribution in [2.24, 2.45) is 0 Å².